The highest BCUT2D eigenvalue weighted by Crippen LogP contribution is 2.29. The van der Waals surface area contributed by atoms with Crippen LogP contribution in [0, 0.1) is 0 Å². The molecule has 0 aliphatic heterocycles. The SMILES string of the molecule is COC[C@@H](C)NC(=O)C(=O)c1c(-c2ccc(Cl)cc2)cc2ccccn12. The number of fused-ring (bicyclic) bond motifs is 1. The number of nitrogens with one attached hydrogen (secondary N) is 1. The van der Waals surface area contributed by atoms with Crippen molar-refractivity contribution in [1.29, 1.82) is 0 Å². The Labute approximate surface area is 156 Å². The molecule has 0 bridgehead atoms. The molecular formula is C20H19ClN2O3. The van der Waals surface area contributed by atoms with Crippen LogP contribution in [-0.2, 0) is 9.53 Å². The zero-order valence-electron chi connectivity index (χ0n) is 14.5. The highest BCUT2D eigenvalue weighted by atomic mass is 35.5. The van der Waals surface area contributed by atoms with Crippen LogP contribution in [0.1, 0.15) is 17.4 Å². The molecule has 2 heterocycles. The number of nitrogens with zero attached hydrogens (tertiary/aromatic N) is 1. The molecule has 1 aromatic carbocycles. The highest BCUT2D eigenvalue weighted by Gasteiger charge is 2.25. The fourth-order valence-corrected chi connectivity index (χ4v) is 3.02. The summed E-state index contributed by atoms with van der Waals surface area (Å²) in [6.07, 6.45) is 1.77. The molecule has 134 valence electrons. The predicted molar refractivity (Wildman–Crippen MR) is 102 cm³/mol. The van der Waals surface area contributed by atoms with Crippen molar-refractivity contribution in [3.8, 4) is 11.1 Å². The zero-order valence-corrected chi connectivity index (χ0v) is 15.3. The van der Waals surface area contributed by atoms with Crippen molar-refractivity contribution in [2.45, 2.75) is 13.0 Å². The Kier molecular flexibility index (Phi) is 5.40. The second-order valence-corrected chi connectivity index (χ2v) is 6.50. The maximum atomic E-state index is 12.9. The number of pyridine rings is 1. The molecule has 1 amide bonds. The lowest BCUT2D eigenvalue weighted by Crippen LogP contribution is -2.40. The van der Waals surface area contributed by atoms with Crippen molar-refractivity contribution in [2.75, 3.05) is 13.7 Å². The van der Waals surface area contributed by atoms with Crippen molar-refractivity contribution in [3.05, 3.63) is 65.4 Å². The van der Waals surface area contributed by atoms with Gasteiger partial charge in [0.05, 0.1) is 6.61 Å². The third-order valence-electron chi connectivity index (χ3n) is 4.05. The zero-order chi connectivity index (χ0) is 18.7. The van der Waals surface area contributed by atoms with E-state index in [2.05, 4.69) is 5.32 Å². The summed E-state index contributed by atoms with van der Waals surface area (Å²) in [5.41, 5.74) is 2.66. The van der Waals surface area contributed by atoms with Crippen LogP contribution in [-0.4, -0.2) is 35.8 Å². The fourth-order valence-electron chi connectivity index (χ4n) is 2.89. The van der Waals surface area contributed by atoms with Crippen LogP contribution in [0.25, 0.3) is 16.6 Å². The van der Waals surface area contributed by atoms with E-state index in [9.17, 15) is 9.59 Å². The number of halogens is 1. The number of ketones is 1. The van der Waals surface area contributed by atoms with E-state index < -0.39 is 11.7 Å². The minimum atomic E-state index is -0.659. The van der Waals surface area contributed by atoms with Crippen molar-refractivity contribution >= 4 is 28.8 Å². The molecule has 0 unspecified atom stereocenters. The van der Waals surface area contributed by atoms with E-state index in [1.165, 1.54) is 0 Å². The van der Waals surface area contributed by atoms with Crippen LogP contribution in [0.5, 0.6) is 0 Å². The van der Waals surface area contributed by atoms with Gasteiger partial charge in [-0.25, -0.2) is 0 Å². The summed E-state index contributed by atoms with van der Waals surface area (Å²) in [6.45, 7) is 2.11. The standard InChI is InChI=1S/C20H19ClN2O3/c1-13(12-26-2)22-20(25)19(24)18-17(14-6-8-15(21)9-7-14)11-16-5-3-4-10-23(16)18/h3-11,13H,12H2,1-2H3,(H,22,25)/t13-/m1/s1. The first-order valence-electron chi connectivity index (χ1n) is 8.21. The van der Waals surface area contributed by atoms with Gasteiger partial charge in [-0.1, -0.05) is 29.8 Å². The molecule has 3 aromatic rings. The van der Waals surface area contributed by atoms with Gasteiger partial charge in [0.2, 0.25) is 0 Å². The van der Waals surface area contributed by atoms with Crippen molar-refractivity contribution in [2.24, 2.45) is 0 Å². The van der Waals surface area contributed by atoms with E-state index in [1.807, 2.05) is 36.4 Å². The van der Waals surface area contributed by atoms with Gasteiger partial charge in [0.15, 0.2) is 0 Å². The van der Waals surface area contributed by atoms with E-state index in [1.54, 1.807) is 36.8 Å². The number of carbonyl (C=O) groups is 2. The number of Topliss-reactive ketones (excluding diaryl/α,β-unsaturated/α-hetero) is 1. The van der Waals surface area contributed by atoms with Gasteiger partial charge in [0, 0.05) is 35.5 Å². The number of hydrogen-bond donors (Lipinski definition) is 1. The molecule has 0 aliphatic rings. The monoisotopic (exact) mass is 370 g/mol. The minimum Gasteiger partial charge on any atom is -0.383 e. The first kappa shape index (κ1) is 18.2. The molecule has 1 atom stereocenters. The Bertz CT molecular complexity index is 947. The van der Waals surface area contributed by atoms with Crippen molar-refractivity contribution < 1.29 is 14.3 Å². The van der Waals surface area contributed by atoms with Crippen LogP contribution in [0.2, 0.25) is 5.02 Å². The molecule has 0 saturated heterocycles. The molecule has 1 N–H and O–H groups in total. The van der Waals surface area contributed by atoms with Gasteiger partial charge < -0.3 is 14.5 Å². The molecule has 2 aromatic heterocycles. The molecule has 6 heteroatoms. The Morgan fingerprint density at radius 3 is 2.62 bits per heavy atom. The Balaban J connectivity index is 2.05. The average Bonchev–Trinajstić information content (AvgIpc) is 3.01. The van der Waals surface area contributed by atoms with Gasteiger partial charge in [-0.05, 0) is 42.8 Å². The molecule has 0 saturated carbocycles. The number of aromatic nitrogens is 1. The summed E-state index contributed by atoms with van der Waals surface area (Å²) in [4.78, 5) is 25.4. The summed E-state index contributed by atoms with van der Waals surface area (Å²) in [5, 5.41) is 3.28. The van der Waals surface area contributed by atoms with Crippen LogP contribution in [0.15, 0.2) is 54.7 Å². The first-order valence-corrected chi connectivity index (χ1v) is 8.59. The second kappa shape index (κ2) is 7.72. The lowest BCUT2D eigenvalue weighted by atomic mass is 10.0. The molecule has 0 spiro atoms. The highest BCUT2D eigenvalue weighted by molar-refractivity contribution is 6.43. The first-order chi connectivity index (χ1) is 12.5. The van der Waals surface area contributed by atoms with Crippen molar-refractivity contribution in [3.63, 3.8) is 0 Å². The Morgan fingerprint density at radius 2 is 1.92 bits per heavy atom. The molecule has 26 heavy (non-hydrogen) atoms. The Hall–Kier alpha value is -2.63. The summed E-state index contributed by atoms with van der Waals surface area (Å²) < 4.78 is 6.73. The number of hydrogen-bond acceptors (Lipinski definition) is 3. The Morgan fingerprint density at radius 1 is 1.19 bits per heavy atom. The van der Waals surface area contributed by atoms with Gasteiger partial charge in [-0.15, -0.1) is 0 Å². The summed E-state index contributed by atoms with van der Waals surface area (Å²) >= 11 is 5.97. The normalized spacial score (nSPS) is 12.1. The molecular weight excluding hydrogens is 352 g/mol. The summed E-state index contributed by atoms with van der Waals surface area (Å²) in [7, 11) is 1.55. The van der Waals surface area contributed by atoms with Crippen molar-refractivity contribution in [1.82, 2.24) is 9.72 Å². The topological polar surface area (TPSA) is 59.8 Å². The van der Waals surface area contributed by atoms with E-state index in [-0.39, 0.29) is 6.04 Å². The summed E-state index contributed by atoms with van der Waals surface area (Å²) in [6, 6.07) is 14.4. The number of amides is 1. The van der Waals surface area contributed by atoms with Gasteiger partial charge in [-0.2, -0.15) is 0 Å². The molecule has 3 rings (SSSR count). The number of rotatable bonds is 6. The average molecular weight is 371 g/mol. The van der Waals surface area contributed by atoms with Gasteiger partial charge in [-0.3, -0.25) is 9.59 Å². The molecule has 5 nitrogen and oxygen atoms in total. The lowest BCUT2D eigenvalue weighted by molar-refractivity contribution is -0.117. The number of benzene rings is 1. The van der Waals surface area contributed by atoms with Gasteiger partial charge >= 0.3 is 0 Å². The van der Waals surface area contributed by atoms with E-state index in [0.29, 0.717) is 22.9 Å². The molecule has 0 radical (unpaired) electrons. The summed E-state index contributed by atoms with van der Waals surface area (Å²) in [5.74, 6) is -1.25. The van der Waals surface area contributed by atoms with Crippen LogP contribution >= 0.6 is 11.6 Å². The molecule has 0 aliphatic carbocycles. The largest absolute Gasteiger partial charge is 0.383 e. The lowest BCUT2D eigenvalue weighted by Gasteiger charge is -2.13. The second-order valence-electron chi connectivity index (χ2n) is 6.07. The number of methoxy groups -OCH3 is 1. The maximum Gasteiger partial charge on any atom is 0.294 e. The van der Waals surface area contributed by atoms with Crippen LogP contribution < -0.4 is 5.32 Å². The van der Waals surface area contributed by atoms with E-state index >= 15 is 0 Å². The molecule has 0 fully saturated rings. The van der Waals surface area contributed by atoms with E-state index in [0.717, 1.165) is 11.1 Å². The van der Waals surface area contributed by atoms with Gasteiger partial charge in [0.25, 0.3) is 11.7 Å². The fraction of sp³-hybridized carbons (Fsp3) is 0.200. The van der Waals surface area contributed by atoms with Crippen LogP contribution in [0.4, 0.5) is 0 Å². The maximum absolute atomic E-state index is 12.9. The number of carbonyl (C=O) groups excluding carboxylic acids is 2. The third kappa shape index (κ3) is 3.64. The quantitative estimate of drug-likeness (QED) is 0.532. The van der Waals surface area contributed by atoms with Gasteiger partial charge in [0.1, 0.15) is 5.69 Å². The van der Waals surface area contributed by atoms with Crippen LogP contribution in [0.3, 0.4) is 0 Å². The minimum absolute atomic E-state index is 0.262. The number of ether oxygens (including phenoxy) is 1. The predicted octanol–water partition coefficient (Wildman–Crippen LogP) is 3.59. The smallest absolute Gasteiger partial charge is 0.294 e. The third-order valence-corrected chi connectivity index (χ3v) is 4.30. The van der Waals surface area contributed by atoms with E-state index in [4.69, 9.17) is 16.3 Å².